The van der Waals surface area contributed by atoms with Crippen LogP contribution in [-0.4, -0.2) is 55.9 Å². The molecule has 5 nitrogen and oxygen atoms in total. The van der Waals surface area contributed by atoms with E-state index in [1.54, 1.807) is 14.1 Å². The van der Waals surface area contributed by atoms with Crippen molar-refractivity contribution in [1.82, 2.24) is 15.1 Å². The van der Waals surface area contributed by atoms with E-state index >= 15 is 0 Å². The summed E-state index contributed by atoms with van der Waals surface area (Å²) in [5.74, 6) is 0.646. The van der Waals surface area contributed by atoms with Gasteiger partial charge in [-0.1, -0.05) is 46.3 Å². The van der Waals surface area contributed by atoms with Crippen molar-refractivity contribution in [1.29, 1.82) is 0 Å². The lowest BCUT2D eigenvalue weighted by molar-refractivity contribution is -0.127. The molecule has 1 amide bonds. The third-order valence-corrected chi connectivity index (χ3v) is 3.91. The van der Waals surface area contributed by atoms with Gasteiger partial charge >= 0.3 is 0 Å². The summed E-state index contributed by atoms with van der Waals surface area (Å²) in [6, 6.07) is 8.05. The summed E-state index contributed by atoms with van der Waals surface area (Å²) >= 11 is 3.56. The van der Waals surface area contributed by atoms with Crippen LogP contribution in [0.3, 0.4) is 0 Å². The third-order valence-electron chi connectivity index (χ3n) is 3.14. The van der Waals surface area contributed by atoms with Crippen molar-refractivity contribution in [3.05, 3.63) is 46.5 Å². The van der Waals surface area contributed by atoms with E-state index in [-0.39, 0.29) is 36.4 Å². The molecule has 24 heavy (non-hydrogen) atoms. The van der Waals surface area contributed by atoms with Gasteiger partial charge in [0.1, 0.15) is 6.54 Å². The molecule has 7 heteroatoms. The fourth-order valence-electron chi connectivity index (χ4n) is 1.78. The first kappa shape index (κ1) is 22.9. The predicted octanol–water partition coefficient (Wildman–Crippen LogP) is 3.11. The maximum absolute atomic E-state index is 11.8. The summed E-state index contributed by atoms with van der Waals surface area (Å²) in [7, 11) is 5.40. The molecule has 0 bridgehead atoms. The van der Waals surface area contributed by atoms with Gasteiger partial charge in [-0.25, -0.2) is 4.99 Å². The van der Waals surface area contributed by atoms with Gasteiger partial charge in [-0.3, -0.25) is 4.79 Å². The number of likely N-dealkylation sites (N-methyl/N-ethyl adjacent to an activating group) is 1. The highest BCUT2D eigenvalue weighted by atomic mass is 127. The molecule has 0 aliphatic carbocycles. The number of carbonyl (C=O) groups is 1. The topological polar surface area (TPSA) is 47.9 Å². The summed E-state index contributed by atoms with van der Waals surface area (Å²) in [6.07, 6.45) is 0. The average Bonchev–Trinajstić information content (AvgIpc) is 2.48. The fraction of sp³-hybridized carbons (Fsp3) is 0.412. The quantitative estimate of drug-likeness (QED) is 0.278. The molecule has 134 valence electrons. The molecule has 0 unspecified atom stereocenters. The van der Waals surface area contributed by atoms with Crippen LogP contribution in [0.4, 0.5) is 0 Å². The first-order chi connectivity index (χ1) is 10.8. The molecule has 0 aliphatic rings. The molecule has 0 saturated heterocycles. The van der Waals surface area contributed by atoms with Crippen LogP contribution in [0.5, 0.6) is 0 Å². The molecule has 0 aliphatic heterocycles. The Morgan fingerprint density at radius 1 is 1.29 bits per heavy atom. The molecule has 0 radical (unpaired) electrons. The summed E-state index contributed by atoms with van der Waals surface area (Å²) in [5.41, 5.74) is 2.16. The minimum Gasteiger partial charge on any atom is -0.353 e. The summed E-state index contributed by atoms with van der Waals surface area (Å²) in [4.78, 5) is 19.7. The maximum Gasteiger partial charge on any atom is 0.243 e. The van der Waals surface area contributed by atoms with E-state index in [2.05, 4.69) is 38.9 Å². The van der Waals surface area contributed by atoms with Crippen LogP contribution in [0.2, 0.25) is 0 Å². The Morgan fingerprint density at radius 2 is 1.92 bits per heavy atom. The van der Waals surface area contributed by atoms with Gasteiger partial charge < -0.3 is 15.1 Å². The van der Waals surface area contributed by atoms with E-state index < -0.39 is 0 Å². The van der Waals surface area contributed by atoms with E-state index in [4.69, 9.17) is 0 Å². The van der Waals surface area contributed by atoms with Gasteiger partial charge in [-0.2, -0.15) is 0 Å². The Balaban J connectivity index is 0.00000529. The number of nitrogens with one attached hydrogen (secondary N) is 1. The van der Waals surface area contributed by atoms with Gasteiger partial charge in [0.2, 0.25) is 5.91 Å². The fourth-order valence-corrected chi connectivity index (χ4v) is 2.19. The number of aliphatic imine (C=N–C) groups is 1. The van der Waals surface area contributed by atoms with Crippen LogP contribution in [0.1, 0.15) is 12.5 Å². The highest BCUT2D eigenvalue weighted by Crippen LogP contribution is 2.17. The van der Waals surface area contributed by atoms with Gasteiger partial charge in [0.15, 0.2) is 5.96 Å². The predicted molar refractivity (Wildman–Crippen MR) is 115 cm³/mol. The normalized spacial score (nSPS) is 10.6. The number of rotatable bonds is 6. The number of nitrogens with zero attached hydrogens (tertiary/aromatic N) is 3. The zero-order valence-electron chi connectivity index (χ0n) is 14.7. The van der Waals surface area contributed by atoms with Crippen LogP contribution in [-0.2, 0) is 11.3 Å². The lowest BCUT2D eigenvalue weighted by Crippen LogP contribution is -2.40. The Bertz CT molecular complexity index is 590. The zero-order valence-corrected chi connectivity index (χ0v) is 18.6. The summed E-state index contributed by atoms with van der Waals surface area (Å²) in [5, 5.41) is 3.24. The maximum atomic E-state index is 11.8. The SMILES string of the molecule is C=C(C)CNC(=NCC(=O)N(C)C)N(C)Cc1ccccc1Br.I. The Kier molecular flexibility index (Phi) is 10.9. The lowest BCUT2D eigenvalue weighted by atomic mass is 10.2. The van der Waals surface area contributed by atoms with Gasteiger partial charge in [0, 0.05) is 38.7 Å². The number of carbonyl (C=O) groups excluding carboxylic acids is 1. The average molecular weight is 509 g/mol. The minimum atomic E-state index is -0.0334. The number of guanidine groups is 1. The first-order valence-corrected chi connectivity index (χ1v) is 8.18. The van der Waals surface area contributed by atoms with Crippen molar-refractivity contribution in [3.63, 3.8) is 0 Å². The summed E-state index contributed by atoms with van der Waals surface area (Å²) in [6.45, 7) is 7.25. The molecule has 0 spiro atoms. The van der Waals surface area contributed by atoms with Crippen LogP contribution < -0.4 is 5.32 Å². The second-order valence-corrected chi connectivity index (χ2v) is 6.54. The van der Waals surface area contributed by atoms with Crippen molar-refractivity contribution in [2.75, 3.05) is 34.2 Å². The second-order valence-electron chi connectivity index (χ2n) is 5.69. The van der Waals surface area contributed by atoms with Gasteiger partial charge in [-0.15, -0.1) is 24.0 Å². The molecule has 1 N–H and O–H groups in total. The van der Waals surface area contributed by atoms with E-state index in [0.29, 0.717) is 19.0 Å². The minimum absolute atomic E-state index is 0. The van der Waals surface area contributed by atoms with Crippen molar-refractivity contribution in [2.45, 2.75) is 13.5 Å². The largest absolute Gasteiger partial charge is 0.353 e. The number of benzene rings is 1. The molecular weight excluding hydrogens is 483 g/mol. The highest BCUT2D eigenvalue weighted by molar-refractivity contribution is 14.0. The smallest absolute Gasteiger partial charge is 0.243 e. The molecule has 0 aromatic heterocycles. The molecule has 1 rings (SSSR count). The Hall–Kier alpha value is -1.09. The summed E-state index contributed by atoms with van der Waals surface area (Å²) < 4.78 is 1.05. The Labute approximate surface area is 170 Å². The van der Waals surface area contributed by atoms with Gasteiger partial charge in [-0.05, 0) is 18.6 Å². The molecule has 0 heterocycles. The molecule has 0 fully saturated rings. The molecule has 1 aromatic carbocycles. The Morgan fingerprint density at radius 3 is 2.46 bits per heavy atom. The molecular formula is C17H26BrIN4O. The monoisotopic (exact) mass is 508 g/mol. The van der Waals surface area contributed by atoms with E-state index in [1.807, 2.05) is 37.1 Å². The second kappa shape index (κ2) is 11.5. The molecule has 1 aromatic rings. The van der Waals surface area contributed by atoms with Crippen LogP contribution >= 0.6 is 39.9 Å². The van der Waals surface area contributed by atoms with Crippen LogP contribution in [0, 0.1) is 0 Å². The lowest BCUT2D eigenvalue weighted by Gasteiger charge is -2.23. The van der Waals surface area contributed by atoms with Crippen molar-refractivity contribution in [2.24, 2.45) is 4.99 Å². The molecule has 0 atom stereocenters. The van der Waals surface area contributed by atoms with Crippen LogP contribution in [0.25, 0.3) is 0 Å². The number of hydrogen-bond acceptors (Lipinski definition) is 2. The standard InChI is InChI=1S/C17H25BrN4O.HI/c1-13(2)10-19-17(20-11-16(23)21(3)4)22(5)12-14-8-6-7-9-15(14)18;/h6-9H,1,10-12H2,2-5H3,(H,19,20);1H. The first-order valence-electron chi connectivity index (χ1n) is 7.38. The van der Waals surface area contributed by atoms with Crippen molar-refractivity contribution < 1.29 is 4.79 Å². The number of halogens is 2. The van der Waals surface area contributed by atoms with Gasteiger partial charge in [0.05, 0.1) is 0 Å². The van der Waals surface area contributed by atoms with E-state index in [1.165, 1.54) is 4.90 Å². The highest BCUT2D eigenvalue weighted by Gasteiger charge is 2.10. The van der Waals surface area contributed by atoms with Crippen molar-refractivity contribution >= 4 is 51.8 Å². The number of hydrogen-bond donors (Lipinski definition) is 1. The zero-order chi connectivity index (χ0) is 17.4. The van der Waals surface area contributed by atoms with E-state index in [9.17, 15) is 4.79 Å². The number of amides is 1. The van der Waals surface area contributed by atoms with E-state index in [0.717, 1.165) is 15.6 Å². The third kappa shape index (κ3) is 8.14. The van der Waals surface area contributed by atoms with Gasteiger partial charge in [0.25, 0.3) is 0 Å². The van der Waals surface area contributed by atoms with Crippen LogP contribution in [0.15, 0.2) is 45.9 Å². The molecule has 0 saturated carbocycles. The van der Waals surface area contributed by atoms with Crippen molar-refractivity contribution in [3.8, 4) is 0 Å².